The number of fused-ring (bicyclic) bond motifs is 1. The molecule has 1 aliphatic heterocycles. The summed E-state index contributed by atoms with van der Waals surface area (Å²) in [6.07, 6.45) is 3.03. The quantitative estimate of drug-likeness (QED) is 0.868. The fourth-order valence-electron chi connectivity index (χ4n) is 4.28. The molecule has 6 heteroatoms. The minimum atomic E-state index is -1.59. The molecule has 2 aliphatic rings. The number of hydrogen-bond donors (Lipinski definition) is 1. The van der Waals surface area contributed by atoms with Gasteiger partial charge in [0.1, 0.15) is 6.07 Å². The highest BCUT2D eigenvalue weighted by atomic mass is 35.5. The van der Waals surface area contributed by atoms with Gasteiger partial charge in [-0.1, -0.05) is 36.7 Å². The van der Waals surface area contributed by atoms with E-state index in [1.54, 1.807) is 12.1 Å². The monoisotopic (exact) mass is 377 g/mol. The number of rotatable bonds is 3. The molecule has 3 rings (SSSR count). The minimum absolute atomic E-state index is 0.0568. The van der Waals surface area contributed by atoms with Gasteiger partial charge in [-0.2, -0.15) is 15.8 Å². The third kappa shape index (κ3) is 2.98. The van der Waals surface area contributed by atoms with Gasteiger partial charge in [0, 0.05) is 29.9 Å². The SMILES string of the molecule is CCCN1CC=C2C(C#N)=C(N)C(C#N)(C#N)[C@H](c3ccc(Cl)cc3)[C@@H]2C1. The number of nitrogens with zero attached hydrogens (tertiary/aromatic N) is 4. The standard InChI is InChI=1S/C21H20ClN5/c1-2-8-27-9-7-16-17(10-23)20(26)21(12-24,13-25)19(18(16)11-27)14-3-5-15(22)6-4-14/h3-7,18-19H,2,8-9,11,26H2,1H3/t18-,19-/m1/s1. The van der Waals surface area contributed by atoms with Gasteiger partial charge in [-0.3, -0.25) is 4.90 Å². The first-order chi connectivity index (χ1) is 13.0. The lowest BCUT2D eigenvalue weighted by Gasteiger charge is -2.45. The Morgan fingerprint density at radius 3 is 2.44 bits per heavy atom. The van der Waals surface area contributed by atoms with E-state index in [0.29, 0.717) is 11.6 Å². The third-order valence-electron chi connectivity index (χ3n) is 5.51. The van der Waals surface area contributed by atoms with Gasteiger partial charge in [0.15, 0.2) is 5.41 Å². The average molecular weight is 378 g/mol. The zero-order valence-electron chi connectivity index (χ0n) is 15.1. The van der Waals surface area contributed by atoms with Crippen LogP contribution in [-0.4, -0.2) is 24.5 Å². The molecule has 2 N–H and O–H groups in total. The zero-order chi connectivity index (χ0) is 19.6. The van der Waals surface area contributed by atoms with Crippen LogP contribution < -0.4 is 5.73 Å². The van der Waals surface area contributed by atoms with E-state index in [0.717, 1.165) is 30.6 Å². The van der Waals surface area contributed by atoms with Crippen LogP contribution in [0.2, 0.25) is 5.02 Å². The van der Waals surface area contributed by atoms with Crippen molar-refractivity contribution in [2.75, 3.05) is 19.6 Å². The van der Waals surface area contributed by atoms with Gasteiger partial charge in [-0.15, -0.1) is 0 Å². The maximum absolute atomic E-state index is 10.0. The Balaban J connectivity index is 2.25. The second-order valence-corrected chi connectivity index (χ2v) is 7.42. The van der Waals surface area contributed by atoms with Crippen LogP contribution in [0.25, 0.3) is 0 Å². The van der Waals surface area contributed by atoms with E-state index in [9.17, 15) is 15.8 Å². The first-order valence-corrected chi connectivity index (χ1v) is 9.31. The summed E-state index contributed by atoms with van der Waals surface area (Å²) in [4.78, 5) is 2.28. The molecule has 0 aromatic heterocycles. The van der Waals surface area contributed by atoms with Crippen LogP contribution in [0.3, 0.4) is 0 Å². The molecule has 1 aromatic carbocycles. The molecular formula is C21H20ClN5. The maximum Gasteiger partial charge on any atom is 0.191 e. The summed E-state index contributed by atoms with van der Waals surface area (Å²) >= 11 is 6.04. The van der Waals surface area contributed by atoms with E-state index in [1.165, 1.54) is 0 Å². The van der Waals surface area contributed by atoms with Gasteiger partial charge in [0.05, 0.1) is 23.4 Å². The van der Waals surface area contributed by atoms with E-state index in [1.807, 2.05) is 18.2 Å². The van der Waals surface area contributed by atoms with E-state index >= 15 is 0 Å². The van der Waals surface area contributed by atoms with Gasteiger partial charge in [-0.05, 0) is 36.2 Å². The Morgan fingerprint density at radius 2 is 1.89 bits per heavy atom. The normalized spacial score (nSPS) is 24.2. The largest absolute Gasteiger partial charge is 0.399 e. The molecule has 0 radical (unpaired) electrons. The van der Waals surface area contributed by atoms with E-state index in [4.69, 9.17) is 17.3 Å². The minimum Gasteiger partial charge on any atom is -0.399 e. The molecule has 27 heavy (non-hydrogen) atoms. The summed E-state index contributed by atoms with van der Waals surface area (Å²) in [7, 11) is 0. The molecule has 0 saturated carbocycles. The van der Waals surface area contributed by atoms with Gasteiger partial charge >= 0.3 is 0 Å². The van der Waals surface area contributed by atoms with Crippen molar-refractivity contribution < 1.29 is 0 Å². The van der Waals surface area contributed by atoms with Crippen molar-refractivity contribution in [1.82, 2.24) is 4.90 Å². The van der Waals surface area contributed by atoms with E-state index in [2.05, 4.69) is 30.0 Å². The first-order valence-electron chi connectivity index (χ1n) is 8.93. The van der Waals surface area contributed by atoms with Crippen molar-refractivity contribution in [3.05, 3.63) is 57.8 Å². The second kappa shape index (κ2) is 7.45. The van der Waals surface area contributed by atoms with Gasteiger partial charge in [-0.25, -0.2) is 0 Å². The van der Waals surface area contributed by atoms with Gasteiger partial charge in [0.25, 0.3) is 0 Å². The topological polar surface area (TPSA) is 101 Å². The molecule has 0 fully saturated rings. The number of nitrogens with two attached hydrogens (primary N) is 1. The van der Waals surface area contributed by atoms with Gasteiger partial charge in [0.2, 0.25) is 0 Å². The van der Waals surface area contributed by atoms with E-state index in [-0.39, 0.29) is 17.2 Å². The van der Waals surface area contributed by atoms with Crippen LogP contribution in [0, 0.1) is 45.3 Å². The smallest absolute Gasteiger partial charge is 0.191 e. The third-order valence-corrected chi connectivity index (χ3v) is 5.76. The molecule has 1 heterocycles. The van der Waals surface area contributed by atoms with Gasteiger partial charge < -0.3 is 5.73 Å². The Morgan fingerprint density at radius 1 is 1.22 bits per heavy atom. The number of nitriles is 3. The number of benzene rings is 1. The van der Waals surface area contributed by atoms with Crippen molar-refractivity contribution in [2.24, 2.45) is 17.1 Å². The molecular weight excluding hydrogens is 358 g/mol. The fraction of sp³-hybridized carbons (Fsp3) is 0.381. The molecule has 5 nitrogen and oxygen atoms in total. The van der Waals surface area contributed by atoms with Crippen molar-refractivity contribution in [1.29, 1.82) is 15.8 Å². The fourth-order valence-corrected chi connectivity index (χ4v) is 4.41. The second-order valence-electron chi connectivity index (χ2n) is 6.99. The molecule has 0 unspecified atom stereocenters. The highest BCUT2D eigenvalue weighted by Gasteiger charge is 2.54. The predicted molar refractivity (Wildman–Crippen MR) is 103 cm³/mol. The van der Waals surface area contributed by atoms with E-state index < -0.39 is 11.3 Å². The van der Waals surface area contributed by atoms with Crippen LogP contribution in [0.1, 0.15) is 24.8 Å². The Bertz CT molecular complexity index is 909. The highest BCUT2D eigenvalue weighted by Crippen LogP contribution is 2.54. The zero-order valence-corrected chi connectivity index (χ0v) is 15.9. The van der Waals surface area contributed by atoms with Crippen LogP contribution in [0.15, 0.2) is 47.2 Å². The lowest BCUT2D eigenvalue weighted by atomic mass is 9.58. The molecule has 0 amide bonds. The average Bonchev–Trinajstić information content (AvgIpc) is 2.68. The Hall–Kier alpha value is -2.78. The summed E-state index contributed by atoms with van der Waals surface area (Å²) in [5, 5.41) is 30.3. The van der Waals surface area contributed by atoms with Crippen molar-refractivity contribution >= 4 is 11.6 Å². The van der Waals surface area contributed by atoms with Crippen LogP contribution >= 0.6 is 11.6 Å². The molecule has 1 aliphatic carbocycles. The summed E-state index contributed by atoms with van der Waals surface area (Å²) in [6, 6.07) is 13.7. The lowest BCUT2D eigenvalue weighted by molar-refractivity contribution is 0.207. The lowest BCUT2D eigenvalue weighted by Crippen LogP contribution is -2.48. The number of hydrogen-bond acceptors (Lipinski definition) is 5. The summed E-state index contributed by atoms with van der Waals surface area (Å²) in [5.74, 6) is -0.625. The molecule has 1 aromatic rings. The van der Waals surface area contributed by atoms with Crippen molar-refractivity contribution in [2.45, 2.75) is 19.3 Å². The number of halogens is 1. The maximum atomic E-state index is 10.0. The molecule has 2 atom stereocenters. The Labute approximate surface area is 164 Å². The van der Waals surface area contributed by atoms with Crippen LogP contribution in [0.5, 0.6) is 0 Å². The molecule has 0 saturated heterocycles. The summed E-state index contributed by atoms with van der Waals surface area (Å²) in [5.41, 5.74) is 6.71. The van der Waals surface area contributed by atoms with Crippen LogP contribution in [0.4, 0.5) is 0 Å². The van der Waals surface area contributed by atoms with Crippen LogP contribution in [-0.2, 0) is 0 Å². The molecule has 0 spiro atoms. The number of allylic oxidation sites excluding steroid dienone is 2. The predicted octanol–water partition coefficient (Wildman–Crippen LogP) is 3.48. The molecule has 0 bridgehead atoms. The summed E-state index contributed by atoms with van der Waals surface area (Å²) in [6.45, 7) is 4.44. The van der Waals surface area contributed by atoms with Crippen molar-refractivity contribution in [3.8, 4) is 18.2 Å². The molecule has 136 valence electrons. The summed E-state index contributed by atoms with van der Waals surface area (Å²) < 4.78 is 0. The first kappa shape index (κ1) is 19.0. The Kier molecular flexibility index (Phi) is 5.24. The van der Waals surface area contributed by atoms with Crippen molar-refractivity contribution in [3.63, 3.8) is 0 Å². The highest BCUT2D eigenvalue weighted by molar-refractivity contribution is 6.30.